The average Bonchev–Trinajstić information content (AvgIpc) is 3.38. The van der Waals surface area contributed by atoms with E-state index < -0.39 is 16.1 Å². The lowest BCUT2D eigenvalue weighted by Crippen LogP contribution is -2.50. The third kappa shape index (κ3) is 6.75. The van der Waals surface area contributed by atoms with Gasteiger partial charge in [-0.05, 0) is 68.5 Å². The molecule has 0 radical (unpaired) electrons. The van der Waals surface area contributed by atoms with Gasteiger partial charge >= 0.3 is 6.03 Å². The summed E-state index contributed by atoms with van der Waals surface area (Å²) in [4.78, 5) is 38.0. The Morgan fingerprint density at radius 2 is 1.70 bits per heavy atom. The summed E-state index contributed by atoms with van der Waals surface area (Å²) in [6.45, 7) is 2.11. The summed E-state index contributed by atoms with van der Waals surface area (Å²) in [5, 5.41) is 11.2. The highest BCUT2D eigenvalue weighted by Gasteiger charge is 2.38. The first-order valence-electron chi connectivity index (χ1n) is 14.4. The molecule has 0 aromatic heterocycles. The molecule has 1 aliphatic heterocycles. The predicted octanol–water partition coefficient (Wildman–Crippen LogP) is 4.11. The van der Waals surface area contributed by atoms with Gasteiger partial charge < -0.3 is 15.4 Å². The van der Waals surface area contributed by atoms with Crippen LogP contribution in [0.4, 0.5) is 10.5 Å². The quantitative estimate of drug-likeness (QED) is 0.330. The molecule has 0 spiro atoms. The lowest BCUT2D eigenvalue weighted by atomic mass is 9.68. The van der Waals surface area contributed by atoms with E-state index in [0.717, 1.165) is 10.6 Å². The first-order valence-corrected chi connectivity index (χ1v) is 15.9. The Hall–Kier alpha value is -4.71. The lowest BCUT2D eigenvalue weighted by molar-refractivity contribution is -0.116. The van der Waals surface area contributed by atoms with Gasteiger partial charge in [0, 0.05) is 23.7 Å². The van der Waals surface area contributed by atoms with Gasteiger partial charge in [0.15, 0.2) is 0 Å². The number of nitrogens with zero attached hydrogens (tertiary/aromatic N) is 2. The van der Waals surface area contributed by atoms with E-state index in [0.29, 0.717) is 54.9 Å². The number of rotatable bonds is 9. The molecular formula is C32H35N5O6S. The minimum atomic E-state index is -4.22. The van der Waals surface area contributed by atoms with E-state index in [4.69, 9.17) is 4.74 Å². The fourth-order valence-corrected chi connectivity index (χ4v) is 6.74. The molecule has 0 saturated heterocycles. The number of hydrazone groups is 1. The largest absolute Gasteiger partial charge is 0.496 e. The van der Waals surface area contributed by atoms with Gasteiger partial charge in [-0.2, -0.15) is 5.10 Å². The highest BCUT2D eigenvalue weighted by atomic mass is 32.2. The van der Waals surface area contributed by atoms with Crippen LogP contribution in [-0.2, 0) is 20.2 Å². The number of anilines is 1. The Labute approximate surface area is 256 Å². The smallest absolute Gasteiger partial charge is 0.328 e. The molecule has 3 aromatic carbocycles. The molecule has 4 amide bonds. The number of urea groups is 1. The average molecular weight is 618 g/mol. The predicted molar refractivity (Wildman–Crippen MR) is 166 cm³/mol. The Morgan fingerprint density at radius 3 is 2.39 bits per heavy atom. The fraction of sp³-hybridized carbons (Fsp3) is 0.312. The number of carbonyl (C=O) groups excluding carboxylic acids is 3. The van der Waals surface area contributed by atoms with Gasteiger partial charge in [0.1, 0.15) is 5.75 Å². The van der Waals surface area contributed by atoms with E-state index in [1.165, 1.54) is 25.3 Å². The fourth-order valence-electron chi connectivity index (χ4n) is 5.79. The molecule has 1 fully saturated rings. The molecule has 1 aliphatic carbocycles. The zero-order valence-corrected chi connectivity index (χ0v) is 25.4. The zero-order chi connectivity index (χ0) is 31.3. The summed E-state index contributed by atoms with van der Waals surface area (Å²) in [6.07, 6.45) is 2.64. The Kier molecular flexibility index (Phi) is 9.00. The minimum absolute atomic E-state index is 0.157. The van der Waals surface area contributed by atoms with Crippen molar-refractivity contribution in [2.24, 2.45) is 5.10 Å². The maximum Gasteiger partial charge on any atom is 0.328 e. The molecule has 11 nitrogen and oxygen atoms in total. The van der Waals surface area contributed by atoms with Gasteiger partial charge in [-0.3, -0.25) is 9.59 Å². The number of methoxy groups -OCH3 is 1. The normalized spacial score (nSPS) is 20.0. The minimum Gasteiger partial charge on any atom is -0.496 e. The first-order chi connectivity index (χ1) is 21.1. The Balaban J connectivity index is 1.22. The second kappa shape index (κ2) is 12.9. The van der Waals surface area contributed by atoms with Gasteiger partial charge in [-0.1, -0.05) is 48.5 Å². The van der Waals surface area contributed by atoms with Gasteiger partial charge in [0.05, 0.1) is 29.7 Å². The van der Waals surface area contributed by atoms with Crippen LogP contribution < -0.4 is 25.1 Å². The van der Waals surface area contributed by atoms with Crippen LogP contribution in [0.5, 0.6) is 5.75 Å². The summed E-state index contributed by atoms with van der Waals surface area (Å²) in [6, 6.07) is 21.6. The first kappa shape index (κ1) is 30.7. The lowest BCUT2D eigenvalue weighted by Gasteiger charge is -2.41. The number of nitrogens with one attached hydrogen (secondary N) is 3. The van der Waals surface area contributed by atoms with Gasteiger partial charge in [0.2, 0.25) is 0 Å². The van der Waals surface area contributed by atoms with Crippen molar-refractivity contribution in [3.05, 3.63) is 90.0 Å². The molecule has 230 valence electrons. The summed E-state index contributed by atoms with van der Waals surface area (Å²) < 4.78 is 33.5. The second-order valence-corrected chi connectivity index (χ2v) is 12.8. The SMILES string of the molecule is COc1ccccc1C(=O)NCC1(c2ccccc2)CCC(NC(=O)NS(=O)(=O)c2cccc(N3N=C(C)CC3=O)c2)CC1. The monoisotopic (exact) mass is 617 g/mol. The number of ether oxygens (including phenoxy) is 1. The van der Waals surface area contributed by atoms with Crippen LogP contribution in [0.25, 0.3) is 0 Å². The third-order valence-corrected chi connectivity index (χ3v) is 9.45. The van der Waals surface area contributed by atoms with Crippen LogP contribution >= 0.6 is 0 Å². The van der Waals surface area contributed by atoms with Crippen molar-refractivity contribution in [3.63, 3.8) is 0 Å². The van der Waals surface area contributed by atoms with Crippen LogP contribution in [-0.4, -0.2) is 51.7 Å². The maximum absolute atomic E-state index is 13.1. The van der Waals surface area contributed by atoms with Gasteiger partial charge in [-0.25, -0.2) is 22.9 Å². The van der Waals surface area contributed by atoms with Crippen LogP contribution in [0, 0.1) is 0 Å². The van der Waals surface area contributed by atoms with Crippen molar-refractivity contribution in [2.45, 2.75) is 55.4 Å². The molecule has 0 atom stereocenters. The highest BCUT2D eigenvalue weighted by Crippen LogP contribution is 2.39. The van der Waals surface area contributed by atoms with Crippen molar-refractivity contribution in [2.75, 3.05) is 18.7 Å². The highest BCUT2D eigenvalue weighted by molar-refractivity contribution is 7.90. The molecule has 0 unspecified atom stereocenters. The Morgan fingerprint density at radius 1 is 1.00 bits per heavy atom. The standard InChI is InChI=1S/C32H35N5O6S/c1-22-19-29(38)37(35-22)25-11-8-12-26(20-25)44(41,42)36-31(40)34-24-15-17-32(18-16-24,23-9-4-3-5-10-23)21-33-30(39)27-13-6-7-14-28(27)43-2/h3-14,20,24H,15-19,21H2,1-2H3,(H,33,39)(H2,34,36,40). The number of benzene rings is 3. The van der Waals surface area contributed by atoms with Crippen molar-refractivity contribution in [1.29, 1.82) is 0 Å². The molecule has 3 N–H and O–H groups in total. The number of carbonyl (C=O) groups is 3. The van der Waals surface area contributed by atoms with Crippen molar-refractivity contribution in [1.82, 2.24) is 15.4 Å². The summed E-state index contributed by atoms with van der Waals surface area (Å²) in [5.74, 6) is 0.00109. The van der Waals surface area contributed by atoms with Crippen molar-refractivity contribution < 1.29 is 27.5 Å². The molecule has 0 bridgehead atoms. The number of para-hydroxylation sites is 1. The molecule has 12 heteroatoms. The number of hydrogen-bond acceptors (Lipinski definition) is 7. The number of sulfonamides is 1. The molecule has 2 aliphatic rings. The third-order valence-electron chi connectivity index (χ3n) is 8.12. The van der Waals surface area contributed by atoms with E-state index >= 15 is 0 Å². The van der Waals surface area contributed by atoms with Crippen molar-refractivity contribution >= 4 is 39.3 Å². The summed E-state index contributed by atoms with van der Waals surface area (Å²) in [7, 11) is -2.69. The van der Waals surface area contributed by atoms with Gasteiger partial charge in [-0.15, -0.1) is 0 Å². The molecule has 1 saturated carbocycles. The number of hydrogen-bond donors (Lipinski definition) is 3. The second-order valence-electron chi connectivity index (χ2n) is 11.1. The van der Waals surface area contributed by atoms with E-state index in [1.807, 2.05) is 30.3 Å². The molecule has 1 heterocycles. The van der Waals surface area contributed by atoms with Crippen LogP contribution in [0.1, 0.15) is 54.9 Å². The topological polar surface area (TPSA) is 146 Å². The molecular weight excluding hydrogens is 582 g/mol. The molecule has 3 aromatic rings. The number of amides is 4. The van der Waals surface area contributed by atoms with Gasteiger partial charge in [0.25, 0.3) is 21.8 Å². The maximum atomic E-state index is 13.1. The molecule has 5 rings (SSSR count). The zero-order valence-electron chi connectivity index (χ0n) is 24.6. The Bertz CT molecular complexity index is 1680. The summed E-state index contributed by atoms with van der Waals surface area (Å²) in [5.41, 5.74) is 2.10. The van der Waals surface area contributed by atoms with E-state index in [9.17, 15) is 22.8 Å². The van der Waals surface area contributed by atoms with E-state index in [1.54, 1.807) is 37.3 Å². The van der Waals surface area contributed by atoms with Crippen LogP contribution in [0.15, 0.2) is 88.9 Å². The van der Waals surface area contributed by atoms with Crippen LogP contribution in [0.2, 0.25) is 0 Å². The van der Waals surface area contributed by atoms with Crippen LogP contribution in [0.3, 0.4) is 0 Å². The van der Waals surface area contributed by atoms with Crippen molar-refractivity contribution in [3.8, 4) is 5.75 Å². The van der Waals surface area contributed by atoms with E-state index in [2.05, 4.69) is 20.5 Å². The van der Waals surface area contributed by atoms with E-state index in [-0.39, 0.29) is 34.6 Å². The summed E-state index contributed by atoms with van der Waals surface area (Å²) >= 11 is 0. The molecule has 44 heavy (non-hydrogen) atoms.